The summed E-state index contributed by atoms with van der Waals surface area (Å²) in [5.74, 6) is 1.60. The number of aromatic nitrogens is 3. The van der Waals surface area contributed by atoms with Crippen molar-refractivity contribution in [1.82, 2.24) is 20.1 Å². The van der Waals surface area contributed by atoms with Crippen molar-refractivity contribution >= 4 is 17.7 Å². The second kappa shape index (κ2) is 9.22. The van der Waals surface area contributed by atoms with Crippen LogP contribution in [0.1, 0.15) is 29.9 Å². The van der Waals surface area contributed by atoms with Crippen molar-refractivity contribution in [3.63, 3.8) is 0 Å². The Bertz CT molecular complexity index is 1150. The normalized spacial score (nSPS) is 12.0. The number of aryl methyl sites for hydroxylation is 2. The third-order valence-corrected chi connectivity index (χ3v) is 5.84. The predicted molar refractivity (Wildman–Crippen MR) is 122 cm³/mol. The number of hydrogen-bond donors (Lipinski definition) is 1. The van der Waals surface area contributed by atoms with Gasteiger partial charge in [-0.15, -0.1) is 10.2 Å². The highest BCUT2D eigenvalue weighted by Crippen LogP contribution is 2.28. The Morgan fingerprint density at radius 3 is 2.35 bits per heavy atom. The van der Waals surface area contributed by atoms with Gasteiger partial charge in [-0.25, -0.2) is 0 Å². The van der Waals surface area contributed by atoms with Crippen molar-refractivity contribution in [1.29, 1.82) is 0 Å². The molecule has 4 aromatic rings. The predicted octanol–water partition coefficient (Wildman–Crippen LogP) is 5.11. The minimum Gasteiger partial charge on any atom is -0.467 e. The van der Waals surface area contributed by atoms with E-state index in [0.717, 1.165) is 22.8 Å². The van der Waals surface area contributed by atoms with E-state index in [1.807, 2.05) is 47.9 Å². The first kappa shape index (κ1) is 20.9. The number of carbonyl (C=O) groups is 1. The summed E-state index contributed by atoms with van der Waals surface area (Å²) in [4.78, 5) is 12.5. The molecule has 0 fully saturated rings. The summed E-state index contributed by atoms with van der Waals surface area (Å²) in [7, 11) is 0. The zero-order valence-electron chi connectivity index (χ0n) is 17.7. The van der Waals surface area contributed by atoms with Crippen molar-refractivity contribution in [2.75, 3.05) is 5.75 Å². The minimum absolute atomic E-state index is 0.0933. The van der Waals surface area contributed by atoms with Crippen LogP contribution in [0, 0.1) is 13.8 Å². The molecule has 0 aliphatic heterocycles. The van der Waals surface area contributed by atoms with E-state index in [2.05, 4.69) is 53.6 Å². The Balaban J connectivity index is 1.57. The lowest BCUT2D eigenvalue weighted by Gasteiger charge is -2.12. The first-order valence-corrected chi connectivity index (χ1v) is 11.0. The number of carbonyl (C=O) groups excluding carboxylic acids is 1. The number of hydrogen-bond acceptors (Lipinski definition) is 5. The fraction of sp³-hybridized carbons (Fsp3) is 0.208. The van der Waals surface area contributed by atoms with Crippen molar-refractivity contribution in [3.05, 3.63) is 83.8 Å². The molecule has 1 unspecified atom stereocenters. The van der Waals surface area contributed by atoms with E-state index in [1.165, 1.54) is 22.9 Å². The lowest BCUT2D eigenvalue weighted by molar-refractivity contribution is -0.119. The van der Waals surface area contributed by atoms with Gasteiger partial charge in [-0.3, -0.25) is 9.36 Å². The molecule has 2 heterocycles. The summed E-state index contributed by atoms with van der Waals surface area (Å²) in [6.07, 6.45) is 1.60. The fourth-order valence-electron chi connectivity index (χ4n) is 3.20. The highest BCUT2D eigenvalue weighted by molar-refractivity contribution is 7.99. The second-order valence-corrected chi connectivity index (χ2v) is 8.38. The number of thioether (sulfide) groups is 1. The lowest BCUT2D eigenvalue weighted by atomic mass is 10.1. The second-order valence-electron chi connectivity index (χ2n) is 7.44. The largest absolute Gasteiger partial charge is 0.467 e. The molecule has 2 aromatic heterocycles. The molecule has 1 amide bonds. The zero-order valence-corrected chi connectivity index (χ0v) is 18.5. The molecule has 7 heteroatoms. The Morgan fingerprint density at radius 1 is 1.03 bits per heavy atom. The van der Waals surface area contributed by atoms with Gasteiger partial charge in [-0.2, -0.15) is 0 Å². The highest BCUT2D eigenvalue weighted by atomic mass is 32.2. The maximum Gasteiger partial charge on any atom is 0.231 e. The van der Waals surface area contributed by atoms with Gasteiger partial charge in [0.1, 0.15) is 5.76 Å². The lowest BCUT2D eigenvalue weighted by Crippen LogP contribution is -2.28. The molecule has 6 nitrogen and oxygen atoms in total. The standard InChI is InChI=1S/C24H24N4O2S/c1-16-6-10-19(11-7-16)23-26-27-24(28(23)20-12-8-17(2)9-13-20)31-15-22(29)25-18(3)21-5-4-14-30-21/h4-14,18H,15H2,1-3H3,(H,25,29). The number of furan rings is 1. The van der Waals surface area contributed by atoms with Crippen LogP contribution in [-0.2, 0) is 4.79 Å². The summed E-state index contributed by atoms with van der Waals surface area (Å²) in [5.41, 5.74) is 4.29. The van der Waals surface area contributed by atoms with Crippen LogP contribution < -0.4 is 5.32 Å². The van der Waals surface area contributed by atoms with Gasteiger partial charge < -0.3 is 9.73 Å². The monoisotopic (exact) mass is 432 g/mol. The van der Waals surface area contributed by atoms with Crippen molar-refractivity contribution in [2.45, 2.75) is 32.0 Å². The van der Waals surface area contributed by atoms with E-state index in [-0.39, 0.29) is 17.7 Å². The average molecular weight is 433 g/mol. The smallest absolute Gasteiger partial charge is 0.231 e. The molecule has 4 rings (SSSR count). The molecule has 0 saturated heterocycles. The number of nitrogens with one attached hydrogen (secondary N) is 1. The van der Waals surface area contributed by atoms with Crippen molar-refractivity contribution in [2.24, 2.45) is 0 Å². The van der Waals surface area contributed by atoms with Crippen LogP contribution in [0.25, 0.3) is 17.1 Å². The van der Waals surface area contributed by atoms with Crippen LogP contribution in [0.15, 0.2) is 76.5 Å². The Labute approximate surface area is 185 Å². The van der Waals surface area contributed by atoms with Gasteiger partial charge in [0.05, 0.1) is 18.1 Å². The topological polar surface area (TPSA) is 73.0 Å². The third-order valence-electron chi connectivity index (χ3n) is 4.92. The third kappa shape index (κ3) is 4.88. The molecule has 31 heavy (non-hydrogen) atoms. The molecule has 1 atom stereocenters. The molecule has 158 valence electrons. The van der Waals surface area contributed by atoms with Gasteiger partial charge in [-0.1, -0.05) is 59.3 Å². The van der Waals surface area contributed by atoms with Crippen LogP contribution in [0.3, 0.4) is 0 Å². The number of benzene rings is 2. The number of amides is 1. The van der Waals surface area contributed by atoms with Gasteiger partial charge in [0.15, 0.2) is 11.0 Å². The maximum absolute atomic E-state index is 12.5. The van der Waals surface area contributed by atoms with Gasteiger partial charge in [0.25, 0.3) is 0 Å². The van der Waals surface area contributed by atoms with E-state index >= 15 is 0 Å². The Hall–Kier alpha value is -3.32. The summed E-state index contributed by atoms with van der Waals surface area (Å²) in [6.45, 7) is 6.00. The fourth-order valence-corrected chi connectivity index (χ4v) is 3.96. The molecule has 0 spiro atoms. The van der Waals surface area contributed by atoms with Gasteiger partial charge in [0.2, 0.25) is 5.91 Å². The summed E-state index contributed by atoms with van der Waals surface area (Å²) >= 11 is 1.36. The van der Waals surface area contributed by atoms with Crippen LogP contribution in [0.2, 0.25) is 0 Å². The molecule has 2 aromatic carbocycles. The average Bonchev–Trinajstić information content (AvgIpc) is 3.44. The highest BCUT2D eigenvalue weighted by Gasteiger charge is 2.18. The van der Waals surface area contributed by atoms with Crippen LogP contribution >= 0.6 is 11.8 Å². The van der Waals surface area contributed by atoms with Gasteiger partial charge >= 0.3 is 0 Å². The van der Waals surface area contributed by atoms with Crippen LogP contribution in [0.4, 0.5) is 0 Å². The first-order chi connectivity index (χ1) is 15.0. The first-order valence-electron chi connectivity index (χ1n) is 10.1. The molecule has 0 bridgehead atoms. The van der Waals surface area contributed by atoms with Crippen molar-refractivity contribution in [3.8, 4) is 17.1 Å². The molecular weight excluding hydrogens is 408 g/mol. The van der Waals surface area contributed by atoms with E-state index in [4.69, 9.17) is 4.42 Å². The van der Waals surface area contributed by atoms with Crippen molar-refractivity contribution < 1.29 is 9.21 Å². The number of nitrogens with zero attached hydrogens (tertiary/aromatic N) is 3. The van der Waals surface area contributed by atoms with E-state index in [0.29, 0.717) is 5.16 Å². The van der Waals surface area contributed by atoms with Gasteiger partial charge in [0, 0.05) is 11.3 Å². The maximum atomic E-state index is 12.5. The van der Waals surface area contributed by atoms with E-state index in [9.17, 15) is 4.79 Å². The van der Waals surface area contributed by atoms with E-state index in [1.54, 1.807) is 6.26 Å². The summed E-state index contributed by atoms with van der Waals surface area (Å²) in [5, 5.41) is 12.5. The molecule has 1 N–H and O–H groups in total. The van der Waals surface area contributed by atoms with Crippen LogP contribution in [0.5, 0.6) is 0 Å². The molecule has 0 aliphatic rings. The zero-order chi connectivity index (χ0) is 21.8. The Kier molecular flexibility index (Phi) is 6.23. The van der Waals surface area contributed by atoms with Gasteiger partial charge in [-0.05, 0) is 45.0 Å². The molecule has 0 saturated carbocycles. The number of rotatable bonds is 7. The summed E-state index contributed by atoms with van der Waals surface area (Å²) in [6, 6.07) is 19.8. The molecule has 0 radical (unpaired) electrons. The SMILES string of the molecule is Cc1ccc(-c2nnc(SCC(=O)NC(C)c3ccco3)n2-c2ccc(C)cc2)cc1. The Morgan fingerprint density at radius 2 is 1.71 bits per heavy atom. The minimum atomic E-state index is -0.193. The molecule has 0 aliphatic carbocycles. The van der Waals surface area contributed by atoms with E-state index < -0.39 is 0 Å². The quantitative estimate of drug-likeness (QED) is 0.411. The molecular formula is C24H24N4O2S. The summed E-state index contributed by atoms with van der Waals surface area (Å²) < 4.78 is 7.36. The van der Waals surface area contributed by atoms with Crippen LogP contribution in [-0.4, -0.2) is 26.4 Å².